The highest BCUT2D eigenvalue weighted by Crippen LogP contribution is 2.18. The Morgan fingerprint density at radius 3 is 2.89 bits per heavy atom. The van der Waals surface area contributed by atoms with Crippen LogP contribution in [0.1, 0.15) is 12.5 Å². The Balaban J connectivity index is 2.37. The lowest BCUT2D eigenvalue weighted by Gasteiger charge is -2.08. The maximum absolute atomic E-state index is 10.8. The number of para-hydroxylation sites is 1. The first kappa shape index (κ1) is 12.2. The summed E-state index contributed by atoms with van der Waals surface area (Å²) < 4.78 is 1.99. The molecule has 0 fully saturated rings. The summed E-state index contributed by atoms with van der Waals surface area (Å²) in [6.07, 6.45) is 2.47. The molecule has 1 aromatic carbocycles. The summed E-state index contributed by atoms with van der Waals surface area (Å²) in [4.78, 5) is 10.8. The minimum Gasteiger partial charge on any atom is -0.464 e. The average molecular weight is 245 g/mol. The molecule has 94 valence electrons. The van der Waals surface area contributed by atoms with Crippen LogP contribution in [0.2, 0.25) is 0 Å². The second-order valence-corrected chi connectivity index (χ2v) is 3.96. The van der Waals surface area contributed by atoms with Crippen molar-refractivity contribution in [1.82, 2.24) is 9.58 Å². The molecule has 1 amide bonds. The van der Waals surface area contributed by atoms with Crippen molar-refractivity contribution >= 4 is 23.2 Å². The number of aromatic nitrogens is 1. The molecule has 2 aromatic rings. The third-order valence-corrected chi connectivity index (χ3v) is 2.78. The Bertz CT molecular complexity index is 601. The molecular weight excluding hydrogens is 230 g/mol. The zero-order valence-electron chi connectivity index (χ0n) is 10.4. The number of fused-ring (bicyclic) bond motifs is 1. The van der Waals surface area contributed by atoms with Crippen LogP contribution in [0, 0.1) is 0 Å². The zero-order valence-corrected chi connectivity index (χ0v) is 10.4. The van der Waals surface area contributed by atoms with Crippen LogP contribution in [0.25, 0.3) is 10.9 Å². The molecule has 0 spiro atoms. The lowest BCUT2D eigenvalue weighted by atomic mass is 10.2. The summed E-state index contributed by atoms with van der Waals surface area (Å²) in [5, 5.41) is 14.9. The number of carboxylic acid groups (broad SMARTS) is 1. The molecule has 0 aliphatic rings. The van der Waals surface area contributed by atoms with E-state index >= 15 is 0 Å². The molecule has 0 radical (unpaired) electrons. The van der Waals surface area contributed by atoms with E-state index in [2.05, 4.69) is 5.10 Å². The minimum absolute atomic E-state index is 0.330. The van der Waals surface area contributed by atoms with E-state index in [-0.39, 0.29) is 0 Å². The van der Waals surface area contributed by atoms with Crippen molar-refractivity contribution in [3.05, 3.63) is 36.0 Å². The van der Waals surface area contributed by atoms with Crippen molar-refractivity contribution in [1.29, 1.82) is 0 Å². The highest BCUT2D eigenvalue weighted by Gasteiger charge is 2.07. The summed E-state index contributed by atoms with van der Waals surface area (Å²) in [7, 11) is 1.95. The smallest absolute Gasteiger partial charge is 0.427 e. The van der Waals surface area contributed by atoms with Crippen LogP contribution in [0.5, 0.6) is 0 Å². The maximum atomic E-state index is 10.8. The molecule has 0 unspecified atom stereocenters. The van der Waals surface area contributed by atoms with Gasteiger partial charge in [-0.2, -0.15) is 10.1 Å². The first-order valence-electron chi connectivity index (χ1n) is 5.72. The predicted molar refractivity (Wildman–Crippen MR) is 70.9 cm³/mol. The van der Waals surface area contributed by atoms with Gasteiger partial charge in [-0.1, -0.05) is 18.2 Å². The summed E-state index contributed by atoms with van der Waals surface area (Å²) in [6.45, 7) is 2.07. The molecule has 1 N–H and O–H groups in total. The Morgan fingerprint density at radius 1 is 1.50 bits per heavy atom. The molecule has 0 bridgehead atoms. The van der Waals surface area contributed by atoms with Crippen LogP contribution in [0.4, 0.5) is 4.79 Å². The number of carbonyl (C=O) groups is 1. The first-order chi connectivity index (χ1) is 8.63. The third-order valence-electron chi connectivity index (χ3n) is 2.78. The topological polar surface area (TPSA) is 57.8 Å². The van der Waals surface area contributed by atoms with Gasteiger partial charge in [0.2, 0.25) is 0 Å². The van der Waals surface area contributed by atoms with Gasteiger partial charge in [0.1, 0.15) is 0 Å². The Morgan fingerprint density at radius 2 is 2.22 bits per heavy atom. The van der Waals surface area contributed by atoms with Crippen LogP contribution in [-0.4, -0.2) is 33.5 Å². The summed E-state index contributed by atoms with van der Waals surface area (Å²) in [5.41, 5.74) is 2.00. The molecule has 0 saturated heterocycles. The summed E-state index contributed by atoms with van der Waals surface area (Å²) >= 11 is 0. The van der Waals surface area contributed by atoms with Crippen molar-refractivity contribution in [2.45, 2.75) is 6.92 Å². The van der Waals surface area contributed by atoms with E-state index in [9.17, 15) is 4.79 Å². The molecule has 1 aromatic heterocycles. The van der Waals surface area contributed by atoms with Gasteiger partial charge < -0.3 is 9.67 Å². The molecule has 0 saturated carbocycles. The number of rotatable bonds is 3. The van der Waals surface area contributed by atoms with Gasteiger partial charge in [-0.3, -0.25) is 0 Å². The van der Waals surface area contributed by atoms with Gasteiger partial charge in [0.15, 0.2) is 0 Å². The van der Waals surface area contributed by atoms with Gasteiger partial charge in [-0.05, 0) is 13.0 Å². The van der Waals surface area contributed by atoms with Crippen molar-refractivity contribution in [2.24, 2.45) is 12.1 Å². The van der Waals surface area contributed by atoms with E-state index in [4.69, 9.17) is 5.11 Å². The highest BCUT2D eigenvalue weighted by atomic mass is 16.4. The molecule has 18 heavy (non-hydrogen) atoms. The van der Waals surface area contributed by atoms with Gasteiger partial charge in [0.25, 0.3) is 0 Å². The van der Waals surface area contributed by atoms with Crippen molar-refractivity contribution in [2.75, 3.05) is 6.54 Å². The lowest BCUT2D eigenvalue weighted by Crippen LogP contribution is -2.23. The minimum atomic E-state index is -1.05. The van der Waals surface area contributed by atoms with Gasteiger partial charge in [-0.15, -0.1) is 0 Å². The fourth-order valence-corrected chi connectivity index (χ4v) is 1.87. The van der Waals surface area contributed by atoms with Gasteiger partial charge in [0, 0.05) is 36.3 Å². The Kier molecular flexibility index (Phi) is 3.32. The van der Waals surface area contributed by atoms with Crippen molar-refractivity contribution in [3.63, 3.8) is 0 Å². The van der Waals surface area contributed by atoms with Crippen molar-refractivity contribution in [3.8, 4) is 0 Å². The van der Waals surface area contributed by atoms with Crippen molar-refractivity contribution < 1.29 is 9.90 Å². The van der Waals surface area contributed by atoms with E-state index in [1.807, 2.05) is 42.1 Å². The summed E-state index contributed by atoms with van der Waals surface area (Å²) in [5.74, 6) is 0. The number of hydrogen-bond donors (Lipinski definition) is 1. The normalized spacial score (nSPS) is 11.2. The maximum Gasteiger partial charge on any atom is 0.427 e. The molecule has 5 heteroatoms. The number of amides is 1. The number of nitrogens with zero attached hydrogens (tertiary/aromatic N) is 3. The Labute approximate surface area is 105 Å². The third kappa shape index (κ3) is 2.20. The number of benzene rings is 1. The van der Waals surface area contributed by atoms with E-state index in [1.165, 1.54) is 0 Å². The number of hydrogen-bond acceptors (Lipinski definition) is 2. The van der Waals surface area contributed by atoms with Crippen LogP contribution in [0.15, 0.2) is 35.6 Å². The molecule has 0 aliphatic carbocycles. The molecule has 1 heterocycles. The second-order valence-electron chi connectivity index (χ2n) is 3.96. The Hall–Kier alpha value is -2.30. The monoisotopic (exact) mass is 245 g/mol. The SMILES string of the molecule is CCN(N=Cc1cn(C)c2ccccc12)C(=O)O. The molecule has 5 nitrogen and oxygen atoms in total. The average Bonchev–Trinajstić information content (AvgIpc) is 2.68. The molecular formula is C13H15N3O2. The van der Waals surface area contributed by atoms with Gasteiger partial charge in [0.05, 0.1) is 6.21 Å². The van der Waals surface area contributed by atoms with Gasteiger partial charge >= 0.3 is 6.09 Å². The number of hydrazone groups is 1. The lowest BCUT2D eigenvalue weighted by molar-refractivity contribution is 0.150. The molecule has 2 rings (SSSR count). The van der Waals surface area contributed by atoms with Gasteiger partial charge in [-0.25, -0.2) is 4.79 Å². The fourth-order valence-electron chi connectivity index (χ4n) is 1.87. The highest BCUT2D eigenvalue weighted by molar-refractivity contribution is 5.99. The van der Waals surface area contributed by atoms with E-state index in [0.717, 1.165) is 21.5 Å². The van der Waals surface area contributed by atoms with E-state index in [0.29, 0.717) is 6.54 Å². The van der Waals surface area contributed by atoms with Crippen LogP contribution in [0.3, 0.4) is 0 Å². The first-order valence-corrected chi connectivity index (χ1v) is 5.72. The summed E-state index contributed by atoms with van der Waals surface area (Å²) in [6, 6.07) is 7.93. The molecule has 0 atom stereocenters. The number of aryl methyl sites for hydroxylation is 1. The van der Waals surface area contributed by atoms with E-state index < -0.39 is 6.09 Å². The predicted octanol–water partition coefficient (Wildman–Crippen LogP) is 2.51. The fraction of sp³-hybridized carbons (Fsp3) is 0.231. The second kappa shape index (κ2) is 4.91. The molecule has 0 aliphatic heterocycles. The standard InChI is InChI=1S/C13H15N3O2/c1-3-16(13(17)18)14-8-10-9-15(2)12-7-5-4-6-11(10)12/h4-9H,3H2,1-2H3,(H,17,18). The van der Waals surface area contributed by atoms with E-state index in [1.54, 1.807) is 13.1 Å². The quantitative estimate of drug-likeness (QED) is 0.667. The van der Waals surface area contributed by atoms with Crippen LogP contribution < -0.4 is 0 Å². The largest absolute Gasteiger partial charge is 0.464 e. The zero-order chi connectivity index (χ0) is 13.1. The van der Waals surface area contributed by atoms with Crippen LogP contribution in [-0.2, 0) is 7.05 Å². The van der Waals surface area contributed by atoms with Crippen LogP contribution >= 0.6 is 0 Å².